The second kappa shape index (κ2) is 8.18. The van der Waals surface area contributed by atoms with Crippen LogP contribution in [0.25, 0.3) is 0 Å². The molecule has 1 saturated carbocycles. The maximum atomic E-state index is 11.7. The Balaban J connectivity index is 2.44. The molecule has 0 heterocycles. The van der Waals surface area contributed by atoms with Gasteiger partial charge in [-0.15, -0.1) is 0 Å². The molecule has 2 amide bonds. The third kappa shape index (κ3) is 6.30. The van der Waals surface area contributed by atoms with Crippen molar-refractivity contribution in [2.45, 2.75) is 38.1 Å². The lowest BCUT2D eigenvalue weighted by Crippen LogP contribution is -2.50. The van der Waals surface area contributed by atoms with Gasteiger partial charge in [0, 0.05) is 6.54 Å². The Labute approximate surface area is 124 Å². The van der Waals surface area contributed by atoms with Crippen molar-refractivity contribution in [3.05, 3.63) is 0 Å². The Hall–Kier alpha value is -1.35. The van der Waals surface area contributed by atoms with Crippen molar-refractivity contribution in [2.75, 3.05) is 19.3 Å². The van der Waals surface area contributed by atoms with E-state index < -0.39 is 28.1 Å². The average Bonchev–Trinajstić information content (AvgIpc) is 2.45. The molecule has 1 unspecified atom stereocenters. The summed E-state index contributed by atoms with van der Waals surface area (Å²) in [7, 11) is -2.10. The van der Waals surface area contributed by atoms with Gasteiger partial charge in [0.15, 0.2) is 0 Å². The molecule has 122 valence electrons. The van der Waals surface area contributed by atoms with Gasteiger partial charge in [0.2, 0.25) is 10.0 Å². The third-order valence-electron chi connectivity index (χ3n) is 3.64. The molecule has 21 heavy (non-hydrogen) atoms. The first kappa shape index (κ1) is 17.7. The van der Waals surface area contributed by atoms with Crippen LogP contribution in [0.1, 0.15) is 32.1 Å². The maximum Gasteiger partial charge on any atom is 0.326 e. The Morgan fingerprint density at radius 1 is 1.24 bits per heavy atom. The van der Waals surface area contributed by atoms with Crippen LogP contribution in [-0.4, -0.2) is 50.9 Å². The van der Waals surface area contributed by atoms with E-state index in [0.29, 0.717) is 0 Å². The minimum Gasteiger partial charge on any atom is -0.480 e. The largest absolute Gasteiger partial charge is 0.480 e. The number of carbonyl (C=O) groups excluding carboxylic acids is 1. The standard InChI is InChI=1S/C12H23N3O5S/c1-13-21(19,20)8-7-14-12(18)15-10(11(16)17)9-5-3-2-4-6-9/h9-10,13H,2-8H2,1H3,(H,16,17)(H2,14,15,18). The molecule has 0 radical (unpaired) electrons. The zero-order valence-corrected chi connectivity index (χ0v) is 12.9. The van der Waals surface area contributed by atoms with Crippen LogP contribution in [0.15, 0.2) is 0 Å². The predicted molar refractivity (Wildman–Crippen MR) is 77.4 cm³/mol. The lowest BCUT2D eigenvalue weighted by atomic mass is 9.84. The van der Waals surface area contributed by atoms with E-state index in [1.54, 1.807) is 0 Å². The number of urea groups is 1. The molecular formula is C12H23N3O5S. The van der Waals surface area contributed by atoms with Gasteiger partial charge in [0.1, 0.15) is 6.04 Å². The molecule has 0 aliphatic heterocycles. The lowest BCUT2D eigenvalue weighted by Gasteiger charge is -2.28. The number of sulfonamides is 1. The number of nitrogens with one attached hydrogen (secondary N) is 3. The number of aliphatic carboxylic acids is 1. The second-order valence-corrected chi connectivity index (χ2v) is 7.18. The fraction of sp³-hybridized carbons (Fsp3) is 0.833. The van der Waals surface area contributed by atoms with Crippen LogP contribution in [0, 0.1) is 5.92 Å². The minimum atomic E-state index is -3.39. The normalized spacial score (nSPS) is 18.0. The Kier molecular flexibility index (Phi) is 6.90. The summed E-state index contributed by atoms with van der Waals surface area (Å²) in [6.07, 6.45) is 4.60. The lowest BCUT2D eigenvalue weighted by molar-refractivity contribution is -0.141. The van der Waals surface area contributed by atoms with E-state index in [9.17, 15) is 23.1 Å². The van der Waals surface area contributed by atoms with Gasteiger partial charge in [0.05, 0.1) is 5.75 Å². The number of carboxylic acid groups (broad SMARTS) is 1. The van der Waals surface area contributed by atoms with Crippen LogP contribution in [0.5, 0.6) is 0 Å². The molecule has 9 heteroatoms. The molecule has 1 atom stereocenters. The second-order valence-electron chi connectivity index (χ2n) is 5.14. The Morgan fingerprint density at radius 3 is 2.38 bits per heavy atom. The maximum absolute atomic E-state index is 11.7. The average molecular weight is 321 g/mol. The van der Waals surface area contributed by atoms with Crippen LogP contribution in [0.2, 0.25) is 0 Å². The summed E-state index contributed by atoms with van der Waals surface area (Å²) < 4.78 is 24.5. The highest BCUT2D eigenvalue weighted by atomic mass is 32.2. The molecule has 0 aromatic carbocycles. The zero-order chi connectivity index (χ0) is 15.9. The fourth-order valence-electron chi connectivity index (χ4n) is 2.44. The van der Waals surface area contributed by atoms with Crippen molar-refractivity contribution in [3.8, 4) is 0 Å². The molecule has 0 spiro atoms. The first-order chi connectivity index (χ1) is 9.85. The van der Waals surface area contributed by atoms with Gasteiger partial charge in [-0.2, -0.15) is 0 Å². The Morgan fingerprint density at radius 2 is 1.86 bits per heavy atom. The number of rotatable bonds is 7. The molecular weight excluding hydrogens is 298 g/mol. The van der Waals surface area contributed by atoms with Gasteiger partial charge < -0.3 is 15.7 Å². The highest BCUT2D eigenvalue weighted by Gasteiger charge is 2.30. The van der Waals surface area contributed by atoms with E-state index in [2.05, 4.69) is 15.4 Å². The van der Waals surface area contributed by atoms with Crippen LogP contribution in [0.3, 0.4) is 0 Å². The first-order valence-corrected chi connectivity index (χ1v) is 8.69. The summed E-state index contributed by atoms with van der Waals surface area (Å²) in [6, 6.07) is -1.58. The molecule has 1 aliphatic carbocycles. The number of carboxylic acids is 1. The SMILES string of the molecule is CNS(=O)(=O)CCNC(=O)NC(C(=O)O)C1CCCCC1. The Bertz CT molecular complexity index is 460. The summed E-state index contributed by atoms with van der Waals surface area (Å²) in [4.78, 5) is 22.9. The molecule has 1 fully saturated rings. The monoisotopic (exact) mass is 321 g/mol. The van der Waals surface area contributed by atoms with Crippen molar-refractivity contribution >= 4 is 22.0 Å². The summed E-state index contributed by atoms with van der Waals surface area (Å²) in [5.41, 5.74) is 0. The van der Waals surface area contributed by atoms with Crippen molar-refractivity contribution in [2.24, 2.45) is 5.92 Å². The molecule has 4 N–H and O–H groups in total. The summed E-state index contributed by atoms with van der Waals surface area (Å²) in [5, 5.41) is 14.0. The predicted octanol–water partition coefficient (Wildman–Crippen LogP) is -0.132. The van der Waals surface area contributed by atoms with Gasteiger partial charge in [-0.1, -0.05) is 19.3 Å². The molecule has 0 saturated heterocycles. The van der Waals surface area contributed by atoms with Crippen LogP contribution < -0.4 is 15.4 Å². The van der Waals surface area contributed by atoms with E-state index in [1.165, 1.54) is 7.05 Å². The minimum absolute atomic E-state index is 0.0666. The van der Waals surface area contributed by atoms with E-state index in [4.69, 9.17) is 0 Å². The van der Waals surface area contributed by atoms with E-state index in [1.807, 2.05) is 0 Å². The molecule has 0 aromatic heterocycles. The molecule has 0 bridgehead atoms. The zero-order valence-electron chi connectivity index (χ0n) is 12.1. The van der Waals surface area contributed by atoms with E-state index in [-0.39, 0.29) is 18.2 Å². The molecule has 0 aromatic rings. The topological polar surface area (TPSA) is 125 Å². The smallest absolute Gasteiger partial charge is 0.326 e. The highest BCUT2D eigenvalue weighted by Crippen LogP contribution is 2.26. The van der Waals surface area contributed by atoms with Crippen molar-refractivity contribution in [3.63, 3.8) is 0 Å². The van der Waals surface area contributed by atoms with Gasteiger partial charge in [0.25, 0.3) is 0 Å². The van der Waals surface area contributed by atoms with Crippen LogP contribution >= 0.6 is 0 Å². The molecule has 1 aliphatic rings. The summed E-state index contributed by atoms with van der Waals surface area (Å²) >= 11 is 0. The van der Waals surface area contributed by atoms with Crippen molar-refractivity contribution in [1.29, 1.82) is 0 Å². The van der Waals surface area contributed by atoms with Gasteiger partial charge in [-0.25, -0.2) is 22.7 Å². The number of hydrogen-bond acceptors (Lipinski definition) is 4. The quantitative estimate of drug-likeness (QED) is 0.520. The van der Waals surface area contributed by atoms with Gasteiger partial charge in [-0.05, 0) is 25.8 Å². The van der Waals surface area contributed by atoms with Crippen molar-refractivity contribution in [1.82, 2.24) is 15.4 Å². The summed E-state index contributed by atoms with van der Waals surface area (Å²) in [6.45, 7) is -0.0774. The fourth-order valence-corrected chi connectivity index (χ4v) is 3.02. The third-order valence-corrected chi connectivity index (χ3v) is 5.00. The van der Waals surface area contributed by atoms with Gasteiger partial charge >= 0.3 is 12.0 Å². The van der Waals surface area contributed by atoms with E-state index >= 15 is 0 Å². The number of amides is 2. The first-order valence-electron chi connectivity index (χ1n) is 7.04. The van der Waals surface area contributed by atoms with Crippen LogP contribution in [0.4, 0.5) is 4.79 Å². The van der Waals surface area contributed by atoms with Crippen molar-refractivity contribution < 1.29 is 23.1 Å². The van der Waals surface area contributed by atoms with Gasteiger partial charge in [-0.3, -0.25) is 0 Å². The van der Waals surface area contributed by atoms with Crippen LogP contribution in [-0.2, 0) is 14.8 Å². The van der Waals surface area contributed by atoms with E-state index in [0.717, 1.165) is 32.1 Å². The number of hydrogen-bond donors (Lipinski definition) is 4. The molecule has 1 rings (SSSR count). The highest BCUT2D eigenvalue weighted by molar-refractivity contribution is 7.89. The number of carbonyl (C=O) groups is 2. The molecule has 8 nitrogen and oxygen atoms in total. The summed E-state index contributed by atoms with van der Waals surface area (Å²) in [5.74, 6) is -1.37.